The van der Waals surface area contributed by atoms with E-state index < -0.39 is 0 Å². The zero-order chi connectivity index (χ0) is 13.9. The van der Waals surface area contributed by atoms with Gasteiger partial charge < -0.3 is 19.5 Å². The Morgan fingerprint density at radius 3 is 2.75 bits per heavy atom. The van der Waals surface area contributed by atoms with Gasteiger partial charge in [0.05, 0.1) is 20.3 Å². The Labute approximate surface area is 118 Å². The number of methoxy groups -OCH3 is 1. The third-order valence-corrected chi connectivity index (χ3v) is 3.62. The van der Waals surface area contributed by atoms with Gasteiger partial charge in [-0.3, -0.25) is 0 Å². The number of carbonyl (C=O) groups excluding carboxylic acids is 1. The number of rotatable bonds is 4. The van der Waals surface area contributed by atoms with Gasteiger partial charge in [-0.05, 0) is 30.9 Å². The van der Waals surface area contributed by atoms with Gasteiger partial charge in [-0.2, -0.15) is 0 Å². The Morgan fingerprint density at radius 2 is 2.05 bits per heavy atom. The summed E-state index contributed by atoms with van der Waals surface area (Å²) in [4.78, 5) is 11.8. The van der Waals surface area contributed by atoms with Crippen LogP contribution in [0.3, 0.4) is 0 Å². The molecule has 1 heterocycles. The monoisotopic (exact) mass is 277 g/mol. The minimum atomic E-state index is -0.273. The van der Waals surface area contributed by atoms with Gasteiger partial charge in [-0.1, -0.05) is 0 Å². The molecule has 1 N–H and O–H groups in total. The molecule has 1 fully saturated rings. The molecule has 20 heavy (non-hydrogen) atoms. The van der Waals surface area contributed by atoms with Crippen molar-refractivity contribution >= 4 is 11.7 Å². The van der Waals surface area contributed by atoms with Crippen LogP contribution in [-0.4, -0.2) is 32.3 Å². The summed E-state index contributed by atoms with van der Waals surface area (Å²) in [7, 11) is 1.42. The number of benzene rings is 1. The Hall–Kier alpha value is -1.91. The van der Waals surface area contributed by atoms with Gasteiger partial charge in [0.15, 0.2) is 11.5 Å². The number of esters is 1. The first kappa shape index (κ1) is 13.1. The number of nitrogens with one attached hydrogen (secondary N) is 1. The lowest BCUT2D eigenvalue weighted by Crippen LogP contribution is -2.32. The van der Waals surface area contributed by atoms with Crippen molar-refractivity contribution < 1.29 is 19.0 Å². The molecule has 0 bridgehead atoms. The first-order valence-electron chi connectivity index (χ1n) is 7.02. The summed E-state index contributed by atoms with van der Waals surface area (Å²) in [5, 5.41) is 3.25. The summed E-state index contributed by atoms with van der Waals surface area (Å²) < 4.78 is 16.1. The maximum absolute atomic E-state index is 11.8. The highest BCUT2D eigenvalue weighted by Crippen LogP contribution is 2.37. The lowest BCUT2D eigenvalue weighted by Gasteiger charge is -2.18. The number of fused-ring (bicyclic) bond motifs is 1. The highest BCUT2D eigenvalue weighted by atomic mass is 16.5. The first-order valence-corrected chi connectivity index (χ1v) is 7.02. The molecule has 2 aliphatic rings. The fourth-order valence-electron chi connectivity index (χ4n) is 2.36. The molecular formula is C15H19NO4. The van der Waals surface area contributed by atoms with Crippen molar-refractivity contribution in [2.75, 3.05) is 25.6 Å². The zero-order valence-corrected chi connectivity index (χ0v) is 11.6. The fourth-order valence-corrected chi connectivity index (χ4v) is 2.36. The standard InChI is InChI=1S/C15H19NO4/c1-18-15(17)14(10-3-4-10)16-11-5-6-12-13(9-11)20-8-2-7-19-12/h5-6,9-10,14,16H,2-4,7-8H2,1H3. The molecule has 1 saturated carbocycles. The molecule has 3 rings (SSSR count). The van der Waals surface area contributed by atoms with Gasteiger partial charge in [-0.25, -0.2) is 4.79 Å². The molecule has 0 aromatic heterocycles. The maximum atomic E-state index is 11.8. The van der Waals surface area contributed by atoms with Crippen molar-refractivity contribution in [2.45, 2.75) is 25.3 Å². The van der Waals surface area contributed by atoms with E-state index in [0.717, 1.165) is 36.4 Å². The van der Waals surface area contributed by atoms with Crippen LogP contribution >= 0.6 is 0 Å². The van der Waals surface area contributed by atoms with Crippen LogP contribution in [0.5, 0.6) is 11.5 Å². The molecule has 108 valence electrons. The van der Waals surface area contributed by atoms with E-state index in [9.17, 15) is 4.79 Å². The Morgan fingerprint density at radius 1 is 1.30 bits per heavy atom. The largest absolute Gasteiger partial charge is 0.490 e. The summed E-state index contributed by atoms with van der Waals surface area (Å²) in [6, 6.07) is 5.40. The molecule has 1 atom stereocenters. The van der Waals surface area contributed by atoms with Crippen LogP contribution in [-0.2, 0) is 9.53 Å². The van der Waals surface area contributed by atoms with Gasteiger partial charge in [0.1, 0.15) is 6.04 Å². The Kier molecular flexibility index (Phi) is 3.67. The molecule has 1 aliphatic carbocycles. The number of anilines is 1. The van der Waals surface area contributed by atoms with Crippen molar-refractivity contribution in [3.63, 3.8) is 0 Å². The Bertz CT molecular complexity index is 499. The second-order valence-corrected chi connectivity index (χ2v) is 5.19. The van der Waals surface area contributed by atoms with E-state index in [2.05, 4.69) is 5.32 Å². The quantitative estimate of drug-likeness (QED) is 0.855. The van der Waals surface area contributed by atoms with E-state index in [1.54, 1.807) is 0 Å². The van der Waals surface area contributed by atoms with Crippen LogP contribution in [0, 0.1) is 5.92 Å². The van der Waals surface area contributed by atoms with Crippen LogP contribution in [0.2, 0.25) is 0 Å². The summed E-state index contributed by atoms with van der Waals surface area (Å²) in [6.45, 7) is 1.33. The predicted octanol–water partition coefficient (Wildman–Crippen LogP) is 2.21. The van der Waals surface area contributed by atoms with Crippen LogP contribution in [0.4, 0.5) is 5.69 Å². The molecule has 1 unspecified atom stereocenters. The second-order valence-electron chi connectivity index (χ2n) is 5.19. The van der Waals surface area contributed by atoms with E-state index >= 15 is 0 Å². The molecule has 1 aromatic rings. The topological polar surface area (TPSA) is 56.8 Å². The third-order valence-electron chi connectivity index (χ3n) is 3.62. The van der Waals surface area contributed by atoms with Gasteiger partial charge in [0.25, 0.3) is 0 Å². The maximum Gasteiger partial charge on any atom is 0.328 e. The van der Waals surface area contributed by atoms with Gasteiger partial charge in [0, 0.05) is 18.2 Å². The lowest BCUT2D eigenvalue weighted by molar-refractivity contribution is -0.142. The zero-order valence-electron chi connectivity index (χ0n) is 11.6. The Balaban J connectivity index is 1.76. The summed E-state index contributed by atoms with van der Waals surface area (Å²) in [6.07, 6.45) is 3.01. The fraction of sp³-hybridized carbons (Fsp3) is 0.533. The van der Waals surface area contributed by atoms with Gasteiger partial charge >= 0.3 is 5.97 Å². The third kappa shape index (κ3) is 2.81. The molecule has 0 saturated heterocycles. The number of ether oxygens (including phenoxy) is 3. The van der Waals surface area contributed by atoms with Gasteiger partial charge in [-0.15, -0.1) is 0 Å². The molecule has 1 aliphatic heterocycles. The predicted molar refractivity (Wildman–Crippen MR) is 74.2 cm³/mol. The van der Waals surface area contributed by atoms with Crippen molar-refractivity contribution in [3.8, 4) is 11.5 Å². The summed E-state index contributed by atoms with van der Waals surface area (Å²) in [5.74, 6) is 1.65. The van der Waals surface area contributed by atoms with Gasteiger partial charge in [0.2, 0.25) is 0 Å². The lowest BCUT2D eigenvalue weighted by atomic mass is 10.1. The van der Waals surface area contributed by atoms with Crippen LogP contribution in [0.1, 0.15) is 19.3 Å². The van der Waals surface area contributed by atoms with Crippen molar-refractivity contribution in [1.82, 2.24) is 0 Å². The minimum absolute atomic E-state index is 0.209. The number of hydrogen-bond acceptors (Lipinski definition) is 5. The van der Waals surface area contributed by atoms with Crippen LogP contribution in [0.25, 0.3) is 0 Å². The smallest absolute Gasteiger partial charge is 0.328 e. The summed E-state index contributed by atoms with van der Waals surface area (Å²) >= 11 is 0. The average Bonchev–Trinajstić information content (AvgIpc) is 3.30. The van der Waals surface area contributed by atoms with Crippen LogP contribution < -0.4 is 14.8 Å². The molecule has 0 radical (unpaired) electrons. The molecule has 5 nitrogen and oxygen atoms in total. The molecule has 1 aromatic carbocycles. The minimum Gasteiger partial charge on any atom is -0.490 e. The molecule has 0 amide bonds. The highest BCUT2D eigenvalue weighted by molar-refractivity contribution is 5.80. The first-order chi connectivity index (χ1) is 9.78. The van der Waals surface area contributed by atoms with E-state index in [1.165, 1.54) is 7.11 Å². The van der Waals surface area contributed by atoms with E-state index in [-0.39, 0.29) is 12.0 Å². The normalized spacial score (nSPS) is 18.9. The number of carbonyl (C=O) groups is 1. The summed E-state index contributed by atoms with van der Waals surface area (Å²) in [5.41, 5.74) is 0.858. The van der Waals surface area contributed by atoms with Crippen molar-refractivity contribution in [1.29, 1.82) is 0 Å². The second kappa shape index (κ2) is 5.61. The van der Waals surface area contributed by atoms with Crippen molar-refractivity contribution in [2.24, 2.45) is 5.92 Å². The average molecular weight is 277 g/mol. The molecule has 0 spiro atoms. The van der Waals surface area contributed by atoms with E-state index in [0.29, 0.717) is 19.1 Å². The molecule has 5 heteroatoms. The molecular weight excluding hydrogens is 258 g/mol. The van der Waals surface area contributed by atoms with Crippen LogP contribution in [0.15, 0.2) is 18.2 Å². The van der Waals surface area contributed by atoms with E-state index in [1.807, 2.05) is 18.2 Å². The SMILES string of the molecule is COC(=O)C(Nc1ccc2c(c1)OCCCO2)C1CC1. The number of hydrogen-bond donors (Lipinski definition) is 1. The van der Waals surface area contributed by atoms with E-state index in [4.69, 9.17) is 14.2 Å². The highest BCUT2D eigenvalue weighted by Gasteiger charge is 2.37. The van der Waals surface area contributed by atoms with Crippen molar-refractivity contribution in [3.05, 3.63) is 18.2 Å².